The SMILES string of the molecule is CC(C)CN(C)C(=O)c1ccc(N)cc1Cl.Cl. The number of nitrogens with two attached hydrogens (primary N) is 1. The van der Waals surface area contributed by atoms with E-state index in [1.807, 2.05) is 0 Å². The summed E-state index contributed by atoms with van der Waals surface area (Å²) in [5.74, 6) is 0.361. The first kappa shape index (κ1) is 16.1. The maximum Gasteiger partial charge on any atom is 0.255 e. The Morgan fingerprint density at radius 2 is 2.06 bits per heavy atom. The molecule has 0 fully saturated rings. The van der Waals surface area contributed by atoms with E-state index in [-0.39, 0.29) is 18.3 Å². The van der Waals surface area contributed by atoms with Crippen molar-refractivity contribution in [2.24, 2.45) is 5.92 Å². The van der Waals surface area contributed by atoms with Gasteiger partial charge in [0.25, 0.3) is 5.91 Å². The molecule has 0 radical (unpaired) electrons. The Balaban J connectivity index is 0.00000256. The maximum absolute atomic E-state index is 12.0. The predicted molar refractivity (Wildman–Crippen MR) is 74.9 cm³/mol. The summed E-state index contributed by atoms with van der Waals surface area (Å²) < 4.78 is 0. The third kappa shape index (κ3) is 4.44. The molecular formula is C12H18Cl2N2O. The summed E-state index contributed by atoms with van der Waals surface area (Å²) in [6.45, 7) is 4.84. The van der Waals surface area contributed by atoms with Crippen LogP contribution in [0.4, 0.5) is 5.69 Å². The van der Waals surface area contributed by atoms with Crippen LogP contribution in [0.2, 0.25) is 5.02 Å². The molecule has 0 atom stereocenters. The van der Waals surface area contributed by atoms with Crippen molar-refractivity contribution in [1.82, 2.24) is 4.90 Å². The molecule has 1 aromatic carbocycles. The Hall–Kier alpha value is -0.930. The number of rotatable bonds is 3. The molecule has 2 N–H and O–H groups in total. The largest absolute Gasteiger partial charge is 0.399 e. The molecule has 0 aromatic heterocycles. The second kappa shape index (κ2) is 6.72. The second-order valence-electron chi connectivity index (χ2n) is 4.32. The first-order valence-electron chi connectivity index (χ1n) is 5.22. The van der Waals surface area contributed by atoms with Gasteiger partial charge in [-0.1, -0.05) is 25.4 Å². The first-order valence-corrected chi connectivity index (χ1v) is 5.60. The first-order chi connectivity index (χ1) is 7.41. The summed E-state index contributed by atoms with van der Waals surface area (Å²) in [6.07, 6.45) is 0. The van der Waals surface area contributed by atoms with Gasteiger partial charge in [-0.15, -0.1) is 12.4 Å². The molecule has 0 heterocycles. The van der Waals surface area contributed by atoms with Crippen LogP contribution in [0.25, 0.3) is 0 Å². The Labute approximate surface area is 113 Å². The Kier molecular flexibility index (Phi) is 6.35. The van der Waals surface area contributed by atoms with E-state index in [4.69, 9.17) is 17.3 Å². The zero-order chi connectivity index (χ0) is 12.3. The molecule has 0 aliphatic rings. The number of anilines is 1. The smallest absolute Gasteiger partial charge is 0.255 e. The number of nitrogen functional groups attached to an aromatic ring is 1. The van der Waals surface area contributed by atoms with Crippen molar-refractivity contribution < 1.29 is 4.79 Å². The van der Waals surface area contributed by atoms with Crippen molar-refractivity contribution in [3.63, 3.8) is 0 Å². The van der Waals surface area contributed by atoms with Gasteiger partial charge in [0.05, 0.1) is 10.6 Å². The van der Waals surface area contributed by atoms with Crippen LogP contribution in [-0.4, -0.2) is 24.4 Å². The molecule has 1 amide bonds. The molecule has 0 saturated carbocycles. The van der Waals surface area contributed by atoms with E-state index in [0.717, 1.165) is 0 Å². The highest BCUT2D eigenvalue weighted by atomic mass is 35.5. The van der Waals surface area contributed by atoms with Crippen LogP contribution >= 0.6 is 24.0 Å². The van der Waals surface area contributed by atoms with Gasteiger partial charge in [-0.25, -0.2) is 0 Å². The van der Waals surface area contributed by atoms with Gasteiger partial charge < -0.3 is 10.6 Å². The fourth-order valence-electron chi connectivity index (χ4n) is 1.54. The van der Waals surface area contributed by atoms with E-state index in [9.17, 15) is 4.79 Å². The monoisotopic (exact) mass is 276 g/mol. The van der Waals surface area contributed by atoms with Crippen LogP contribution in [-0.2, 0) is 0 Å². The highest BCUT2D eigenvalue weighted by Gasteiger charge is 2.15. The highest BCUT2D eigenvalue weighted by Crippen LogP contribution is 2.20. The lowest BCUT2D eigenvalue weighted by atomic mass is 10.1. The normalized spacial score (nSPS) is 9.94. The number of nitrogens with zero attached hydrogens (tertiary/aromatic N) is 1. The fourth-order valence-corrected chi connectivity index (χ4v) is 1.81. The van der Waals surface area contributed by atoms with Gasteiger partial charge in [0, 0.05) is 19.3 Å². The molecule has 0 spiro atoms. The van der Waals surface area contributed by atoms with Crippen molar-refractivity contribution in [2.45, 2.75) is 13.8 Å². The van der Waals surface area contributed by atoms with Gasteiger partial charge >= 0.3 is 0 Å². The van der Waals surface area contributed by atoms with Crippen molar-refractivity contribution in [3.05, 3.63) is 28.8 Å². The molecule has 5 heteroatoms. The number of hydrogen-bond donors (Lipinski definition) is 1. The molecule has 96 valence electrons. The lowest BCUT2D eigenvalue weighted by molar-refractivity contribution is 0.0779. The van der Waals surface area contributed by atoms with E-state index >= 15 is 0 Å². The molecule has 0 saturated heterocycles. The zero-order valence-corrected chi connectivity index (χ0v) is 11.8. The molecule has 0 aliphatic heterocycles. The molecule has 1 rings (SSSR count). The maximum atomic E-state index is 12.0. The van der Waals surface area contributed by atoms with Crippen LogP contribution in [0.3, 0.4) is 0 Å². The lowest BCUT2D eigenvalue weighted by Crippen LogP contribution is -2.30. The fraction of sp³-hybridized carbons (Fsp3) is 0.417. The van der Waals surface area contributed by atoms with Gasteiger partial charge in [-0.05, 0) is 24.1 Å². The van der Waals surface area contributed by atoms with E-state index in [2.05, 4.69) is 13.8 Å². The number of carbonyl (C=O) groups is 1. The molecule has 0 aliphatic carbocycles. The minimum Gasteiger partial charge on any atom is -0.399 e. The van der Waals surface area contributed by atoms with Crippen LogP contribution in [0.1, 0.15) is 24.2 Å². The number of hydrogen-bond acceptors (Lipinski definition) is 2. The van der Waals surface area contributed by atoms with Gasteiger partial charge in [0.2, 0.25) is 0 Å². The molecule has 3 nitrogen and oxygen atoms in total. The summed E-state index contributed by atoms with van der Waals surface area (Å²) in [5, 5.41) is 0.403. The second-order valence-corrected chi connectivity index (χ2v) is 4.73. The topological polar surface area (TPSA) is 46.3 Å². The number of benzene rings is 1. The Morgan fingerprint density at radius 3 is 2.53 bits per heavy atom. The van der Waals surface area contributed by atoms with Crippen molar-refractivity contribution in [1.29, 1.82) is 0 Å². The summed E-state index contributed by atoms with van der Waals surface area (Å²) in [4.78, 5) is 13.7. The standard InChI is InChI=1S/C12H17ClN2O.ClH/c1-8(2)7-15(3)12(16)10-5-4-9(14)6-11(10)13;/h4-6,8H,7,14H2,1-3H3;1H. The lowest BCUT2D eigenvalue weighted by Gasteiger charge is -2.20. The average Bonchev–Trinajstić information content (AvgIpc) is 2.15. The third-order valence-electron chi connectivity index (χ3n) is 2.21. The van der Waals surface area contributed by atoms with Crippen molar-refractivity contribution in [2.75, 3.05) is 19.3 Å². The predicted octanol–water partition coefficient (Wildman–Crippen LogP) is 3.07. The molecule has 0 bridgehead atoms. The summed E-state index contributed by atoms with van der Waals surface area (Å²) in [7, 11) is 1.77. The molecule has 17 heavy (non-hydrogen) atoms. The van der Waals surface area contributed by atoms with Crippen molar-refractivity contribution >= 4 is 35.6 Å². The number of halogens is 2. The summed E-state index contributed by atoms with van der Waals surface area (Å²) >= 11 is 5.98. The molecular weight excluding hydrogens is 259 g/mol. The highest BCUT2D eigenvalue weighted by molar-refractivity contribution is 6.34. The van der Waals surface area contributed by atoms with E-state index in [0.29, 0.717) is 28.7 Å². The van der Waals surface area contributed by atoms with Crippen LogP contribution < -0.4 is 5.73 Å². The quantitative estimate of drug-likeness (QED) is 0.863. The van der Waals surface area contributed by atoms with E-state index in [1.54, 1.807) is 30.1 Å². The zero-order valence-electron chi connectivity index (χ0n) is 10.2. The van der Waals surface area contributed by atoms with Crippen LogP contribution in [0.5, 0.6) is 0 Å². The third-order valence-corrected chi connectivity index (χ3v) is 2.52. The van der Waals surface area contributed by atoms with E-state index in [1.165, 1.54) is 0 Å². The Bertz CT molecular complexity index is 394. The van der Waals surface area contributed by atoms with Crippen LogP contribution in [0, 0.1) is 5.92 Å². The van der Waals surface area contributed by atoms with Gasteiger partial charge in [-0.3, -0.25) is 4.79 Å². The summed E-state index contributed by atoms with van der Waals surface area (Å²) in [6, 6.07) is 4.94. The summed E-state index contributed by atoms with van der Waals surface area (Å²) in [5.41, 5.74) is 6.64. The van der Waals surface area contributed by atoms with Gasteiger partial charge in [0.15, 0.2) is 0 Å². The minimum atomic E-state index is -0.0706. The van der Waals surface area contributed by atoms with E-state index < -0.39 is 0 Å². The molecule has 0 unspecified atom stereocenters. The van der Waals surface area contributed by atoms with Gasteiger partial charge in [0.1, 0.15) is 0 Å². The number of carbonyl (C=O) groups excluding carboxylic acids is 1. The number of amides is 1. The van der Waals surface area contributed by atoms with Crippen molar-refractivity contribution in [3.8, 4) is 0 Å². The average molecular weight is 277 g/mol. The molecule has 1 aromatic rings. The van der Waals surface area contributed by atoms with Crippen LogP contribution in [0.15, 0.2) is 18.2 Å². The minimum absolute atomic E-state index is 0. The Morgan fingerprint density at radius 1 is 1.47 bits per heavy atom. The van der Waals surface area contributed by atoms with Gasteiger partial charge in [-0.2, -0.15) is 0 Å².